The Morgan fingerprint density at radius 3 is 2.16 bits per heavy atom. The Morgan fingerprint density at radius 1 is 1.11 bits per heavy atom. The van der Waals surface area contributed by atoms with Crippen LogP contribution in [0.2, 0.25) is 0 Å². The number of halogens is 2. The minimum atomic E-state index is -0.781. The van der Waals surface area contributed by atoms with Crippen LogP contribution in [0.25, 0.3) is 0 Å². The molecule has 0 rings (SSSR count). The van der Waals surface area contributed by atoms with Crippen molar-refractivity contribution in [1.82, 2.24) is 4.90 Å². The molecule has 0 atom stereocenters. The predicted molar refractivity (Wildman–Crippen MR) is 81.9 cm³/mol. The number of hydrogen-bond donors (Lipinski definition) is 1. The van der Waals surface area contributed by atoms with E-state index in [1.165, 1.54) is 0 Å². The molecule has 0 unspecified atom stereocenters. The highest BCUT2D eigenvalue weighted by molar-refractivity contribution is 6.18. The third-order valence-electron chi connectivity index (χ3n) is 2.52. The number of allylic oxidation sites excluding steroid dienone is 3. The Morgan fingerprint density at radius 2 is 1.68 bits per heavy atom. The summed E-state index contributed by atoms with van der Waals surface area (Å²) in [6.07, 6.45) is 5.15. The summed E-state index contributed by atoms with van der Waals surface area (Å²) >= 11 is 11.4. The van der Waals surface area contributed by atoms with E-state index in [0.29, 0.717) is 37.7 Å². The van der Waals surface area contributed by atoms with Crippen molar-refractivity contribution in [3.8, 4) is 0 Å². The molecule has 0 amide bonds. The van der Waals surface area contributed by atoms with Crippen LogP contribution in [0.15, 0.2) is 36.6 Å². The third kappa shape index (κ3) is 9.62. The Bertz CT molecular complexity index is 334. The second-order valence-corrected chi connectivity index (χ2v) is 4.85. The number of alkyl halides is 2. The number of rotatable bonds is 11. The average Bonchev–Trinajstić information content (AvgIpc) is 2.35. The van der Waals surface area contributed by atoms with E-state index in [1.54, 1.807) is 0 Å². The van der Waals surface area contributed by atoms with Gasteiger partial charge in [0, 0.05) is 37.0 Å². The Hall–Kier alpha value is -0.930. The van der Waals surface area contributed by atoms with Gasteiger partial charge in [0.15, 0.2) is 0 Å². The van der Waals surface area contributed by atoms with Crippen LogP contribution < -0.4 is 0 Å². The van der Waals surface area contributed by atoms with Crippen LogP contribution in [0.1, 0.15) is 19.3 Å². The van der Waals surface area contributed by atoms with Crippen LogP contribution >= 0.6 is 23.2 Å². The molecule has 0 aliphatic rings. The van der Waals surface area contributed by atoms with Crippen molar-refractivity contribution in [3.63, 3.8) is 0 Å². The monoisotopic (exact) mass is 305 g/mol. The first-order chi connectivity index (χ1) is 9.01. The van der Waals surface area contributed by atoms with Gasteiger partial charge in [-0.25, -0.2) is 0 Å². The van der Waals surface area contributed by atoms with Gasteiger partial charge in [0.25, 0.3) is 0 Å². The van der Waals surface area contributed by atoms with Crippen LogP contribution in [0, 0.1) is 0 Å². The lowest BCUT2D eigenvalue weighted by Gasteiger charge is -2.22. The molecule has 0 aromatic rings. The fraction of sp³-hybridized carbons (Fsp3) is 0.500. The van der Waals surface area contributed by atoms with E-state index in [0.717, 1.165) is 11.3 Å². The van der Waals surface area contributed by atoms with Crippen molar-refractivity contribution in [1.29, 1.82) is 0 Å². The predicted octanol–water partition coefficient (Wildman–Crippen LogP) is 3.65. The molecule has 0 spiro atoms. The van der Waals surface area contributed by atoms with Crippen LogP contribution in [0.3, 0.4) is 0 Å². The highest BCUT2D eigenvalue weighted by Gasteiger charge is 2.03. The van der Waals surface area contributed by atoms with Gasteiger partial charge in [-0.3, -0.25) is 4.79 Å². The maximum absolute atomic E-state index is 10.4. The highest BCUT2D eigenvalue weighted by atomic mass is 35.5. The number of aliphatic carboxylic acids is 1. The summed E-state index contributed by atoms with van der Waals surface area (Å²) in [5.41, 5.74) is 1.72. The maximum atomic E-state index is 10.4. The molecule has 0 radical (unpaired) electrons. The van der Waals surface area contributed by atoms with Crippen molar-refractivity contribution < 1.29 is 9.90 Å². The molecule has 0 fully saturated rings. The molecule has 1 N–H and O–H groups in total. The minimum Gasteiger partial charge on any atom is -0.481 e. The third-order valence-corrected chi connectivity index (χ3v) is 2.85. The van der Waals surface area contributed by atoms with Crippen molar-refractivity contribution in [2.75, 3.05) is 24.8 Å². The lowest BCUT2D eigenvalue weighted by atomic mass is 10.1. The number of carbonyl (C=O) groups is 1. The minimum absolute atomic E-state index is 0.165. The van der Waals surface area contributed by atoms with E-state index in [-0.39, 0.29) is 6.42 Å². The number of carboxylic acid groups (broad SMARTS) is 1. The second-order valence-electron chi connectivity index (χ2n) is 4.10. The van der Waals surface area contributed by atoms with Crippen molar-refractivity contribution in [2.24, 2.45) is 0 Å². The standard InChI is InChI=1S/C14H21Cl2NO2/c1-12(4-3-5-14(18)19)6-7-13(2)17(10-8-15)11-9-16/h6-7H,1-5,8-11H2,(H,18,19)/b7-6-. The summed E-state index contributed by atoms with van der Waals surface area (Å²) < 4.78 is 0. The first-order valence-electron chi connectivity index (χ1n) is 6.14. The van der Waals surface area contributed by atoms with Gasteiger partial charge in [-0.15, -0.1) is 23.2 Å². The molecule has 108 valence electrons. The molecule has 0 aliphatic heterocycles. The van der Waals surface area contributed by atoms with Crippen LogP contribution in [0.4, 0.5) is 0 Å². The van der Waals surface area contributed by atoms with E-state index >= 15 is 0 Å². The molecule has 3 nitrogen and oxygen atoms in total. The molecule has 0 saturated heterocycles. The van der Waals surface area contributed by atoms with Gasteiger partial charge in [-0.2, -0.15) is 0 Å². The molecule has 0 aromatic heterocycles. The quantitative estimate of drug-likeness (QED) is 0.468. The van der Waals surface area contributed by atoms with Gasteiger partial charge in [-0.05, 0) is 18.9 Å². The summed E-state index contributed by atoms with van der Waals surface area (Å²) in [6, 6.07) is 0. The average molecular weight is 306 g/mol. The van der Waals surface area contributed by atoms with Crippen molar-refractivity contribution >= 4 is 29.2 Å². The highest BCUT2D eigenvalue weighted by Crippen LogP contribution is 2.10. The van der Waals surface area contributed by atoms with Gasteiger partial charge in [0.05, 0.1) is 0 Å². The van der Waals surface area contributed by atoms with Crippen molar-refractivity contribution in [2.45, 2.75) is 19.3 Å². The largest absolute Gasteiger partial charge is 0.481 e. The normalized spacial score (nSPS) is 10.6. The lowest BCUT2D eigenvalue weighted by Crippen LogP contribution is -2.26. The molecule has 0 saturated carbocycles. The topological polar surface area (TPSA) is 40.5 Å². The van der Waals surface area contributed by atoms with E-state index in [2.05, 4.69) is 13.2 Å². The van der Waals surface area contributed by atoms with E-state index in [1.807, 2.05) is 17.1 Å². The Balaban J connectivity index is 4.16. The molecular formula is C14H21Cl2NO2. The first-order valence-corrected chi connectivity index (χ1v) is 7.21. The van der Waals surface area contributed by atoms with E-state index in [9.17, 15) is 4.79 Å². The second kappa shape index (κ2) is 10.9. The van der Waals surface area contributed by atoms with E-state index in [4.69, 9.17) is 28.3 Å². The van der Waals surface area contributed by atoms with Gasteiger partial charge in [0.1, 0.15) is 0 Å². The van der Waals surface area contributed by atoms with Gasteiger partial charge in [-0.1, -0.05) is 24.8 Å². The number of hydrogen-bond acceptors (Lipinski definition) is 2. The summed E-state index contributed by atoms with van der Waals surface area (Å²) in [6.45, 7) is 9.24. The zero-order valence-electron chi connectivity index (χ0n) is 11.1. The number of carboxylic acids is 1. The van der Waals surface area contributed by atoms with Gasteiger partial charge in [0.2, 0.25) is 0 Å². The lowest BCUT2D eigenvalue weighted by molar-refractivity contribution is -0.137. The van der Waals surface area contributed by atoms with Crippen LogP contribution in [-0.2, 0) is 4.79 Å². The fourth-order valence-corrected chi connectivity index (χ4v) is 1.88. The van der Waals surface area contributed by atoms with Crippen molar-refractivity contribution in [3.05, 3.63) is 36.6 Å². The SMILES string of the molecule is C=C(/C=C\C(=C)N(CCCl)CCCl)CCCC(=O)O. The molecule has 0 heterocycles. The summed E-state index contributed by atoms with van der Waals surface area (Å²) in [5.74, 6) is 0.253. The van der Waals surface area contributed by atoms with Gasteiger partial charge < -0.3 is 10.0 Å². The summed E-state index contributed by atoms with van der Waals surface area (Å²) in [7, 11) is 0. The van der Waals surface area contributed by atoms with Gasteiger partial charge >= 0.3 is 5.97 Å². The summed E-state index contributed by atoms with van der Waals surface area (Å²) in [4.78, 5) is 12.4. The fourth-order valence-electron chi connectivity index (χ4n) is 1.47. The zero-order chi connectivity index (χ0) is 14.7. The summed E-state index contributed by atoms with van der Waals surface area (Å²) in [5, 5.41) is 8.54. The van der Waals surface area contributed by atoms with E-state index < -0.39 is 5.97 Å². The molecule has 0 aromatic carbocycles. The molecule has 0 aliphatic carbocycles. The molecule has 5 heteroatoms. The van der Waals surface area contributed by atoms with Crippen LogP contribution in [0.5, 0.6) is 0 Å². The maximum Gasteiger partial charge on any atom is 0.303 e. The Labute approximate surface area is 125 Å². The molecule has 0 bridgehead atoms. The molecular weight excluding hydrogens is 285 g/mol. The number of nitrogens with zero attached hydrogens (tertiary/aromatic N) is 1. The Kier molecular flexibility index (Phi) is 10.4. The zero-order valence-corrected chi connectivity index (χ0v) is 12.6. The van der Waals surface area contributed by atoms with Crippen LogP contribution in [-0.4, -0.2) is 40.8 Å². The molecule has 19 heavy (non-hydrogen) atoms. The smallest absolute Gasteiger partial charge is 0.303 e. The first kappa shape index (κ1) is 18.1.